The summed E-state index contributed by atoms with van der Waals surface area (Å²) in [6.07, 6.45) is 1.15. The van der Waals surface area contributed by atoms with E-state index in [1.807, 2.05) is 0 Å². The van der Waals surface area contributed by atoms with Crippen LogP contribution in [0, 0.1) is 0 Å². The average molecular weight is 514 g/mol. The molecule has 2 N–H and O–H groups in total. The van der Waals surface area contributed by atoms with Crippen LogP contribution in [0.4, 0.5) is 29.9 Å². The van der Waals surface area contributed by atoms with Gasteiger partial charge in [-0.25, -0.2) is 9.97 Å². The molecule has 0 aromatic carbocycles. The molecule has 4 rings (SSSR count). The van der Waals surface area contributed by atoms with Crippen LogP contribution in [0.15, 0.2) is 12.4 Å². The van der Waals surface area contributed by atoms with Crippen LogP contribution in [-0.4, -0.2) is 83.6 Å². The van der Waals surface area contributed by atoms with Crippen molar-refractivity contribution in [2.45, 2.75) is 37.8 Å². The van der Waals surface area contributed by atoms with Crippen LogP contribution in [0.5, 0.6) is 0 Å². The monoisotopic (exact) mass is 513 g/mol. The molecule has 0 unspecified atom stereocenters. The van der Waals surface area contributed by atoms with Gasteiger partial charge in [0, 0.05) is 38.4 Å². The average Bonchev–Trinajstić information content (AvgIpc) is 3.18. The van der Waals surface area contributed by atoms with Gasteiger partial charge < -0.3 is 25.2 Å². The fraction of sp³-hybridized carbons (Fsp3) is 0.636. The first-order valence-corrected chi connectivity index (χ1v) is 12.6. The summed E-state index contributed by atoms with van der Waals surface area (Å²) in [5, 5.41) is 7.48. The molecule has 192 valence electrons. The molecule has 2 aromatic heterocycles. The first kappa shape index (κ1) is 25.6. The molecule has 2 saturated heterocycles. The number of ether oxygens (including phenoxy) is 1. The molecule has 0 radical (unpaired) electrons. The van der Waals surface area contributed by atoms with Crippen molar-refractivity contribution in [2.75, 3.05) is 63.6 Å². The van der Waals surface area contributed by atoms with Crippen molar-refractivity contribution < 1.29 is 22.7 Å². The Bertz CT molecular complexity index is 996. The van der Waals surface area contributed by atoms with Crippen LogP contribution in [0.2, 0.25) is 0 Å². The molecule has 0 spiro atoms. The zero-order chi connectivity index (χ0) is 24.8. The quantitative estimate of drug-likeness (QED) is 0.518. The highest BCUT2D eigenvalue weighted by atomic mass is 32.1. The number of alkyl halides is 3. The van der Waals surface area contributed by atoms with E-state index in [-0.39, 0.29) is 30.8 Å². The Balaban J connectivity index is 1.38. The van der Waals surface area contributed by atoms with Gasteiger partial charge in [-0.3, -0.25) is 4.79 Å². The molecule has 2 aliphatic heterocycles. The highest BCUT2D eigenvalue weighted by Gasteiger charge is 2.35. The zero-order valence-corrected chi connectivity index (χ0v) is 20.4. The largest absolute Gasteiger partial charge is 0.421 e. The van der Waals surface area contributed by atoms with Crippen LogP contribution in [0.1, 0.15) is 42.2 Å². The molecule has 9 nitrogen and oxygen atoms in total. The number of thiazole rings is 1. The van der Waals surface area contributed by atoms with Gasteiger partial charge in [0.15, 0.2) is 0 Å². The maximum absolute atomic E-state index is 13.5. The van der Waals surface area contributed by atoms with Gasteiger partial charge in [0.05, 0.1) is 11.2 Å². The summed E-state index contributed by atoms with van der Waals surface area (Å²) < 4.78 is 45.8. The summed E-state index contributed by atoms with van der Waals surface area (Å²) in [7, 11) is 2.10. The van der Waals surface area contributed by atoms with Gasteiger partial charge in [0.2, 0.25) is 11.9 Å². The van der Waals surface area contributed by atoms with Crippen LogP contribution in [0.25, 0.3) is 0 Å². The number of likely N-dealkylation sites (tertiary alicyclic amines) is 1. The van der Waals surface area contributed by atoms with E-state index in [1.165, 1.54) is 11.3 Å². The van der Waals surface area contributed by atoms with E-state index < -0.39 is 11.7 Å². The van der Waals surface area contributed by atoms with E-state index in [4.69, 9.17) is 4.74 Å². The van der Waals surface area contributed by atoms with Crippen molar-refractivity contribution in [3.63, 3.8) is 0 Å². The highest BCUT2D eigenvalue weighted by molar-refractivity contribution is 7.15. The lowest BCUT2D eigenvalue weighted by Crippen LogP contribution is -2.34. The minimum atomic E-state index is -4.59. The number of carbonyl (C=O) groups is 1. The number of aromatic nitrogens is 3. The molecule has 35 heavy (non-hydrogen) atoms. The number of nitrogens with one attached hydrogen (secondary N) is 2. The molecule has 2 aromatic rings. The predicted molar refractivity (Wildman–Crippen MR) is 127 cm³/mol. The number of hydrogen-bond donors (Lipinski definition) is 2. The van der Waals surface area contributed by atoms with Gasteiger partial charge in [0.25, 0.3) is 0 Å². The summed E-state index contributed by atoms with van der Waals surface area (Å²) >= 11 is 1.48. The summed E-state index contributed by atoms with van der Waals surface area (Å²) in [6, 6.07) is 0. The third-order valence-corrected chi connectivity index (χ3v) is 7.19. The number of anilines is 3. The Morgan fingerprint density at radius 1 is 1.20 bits per heavy atom. The molecule has 0 saturated carbocycles. The first-order valence-electron chi connectivity index (χ1n) is 11.7. The van der Waals surface area contributed by atoms with E-state index >= 15 is 0 Å². The number of amides is 1. The van der Waals surface area contributed by atoms with Gasteiger partial charge in [-0.15, -0.1) is 11.3 Å². The Kier molecular flexibility index (Phi) is 8.39. The van der Waals surface area contributed by atoms with Gasteiger partial charge in [-0.05, 0) is 45.8 Å². The number of carbonyl (C=O) groups excluding carboxylic acids is 1. The second-order valence-electron chi connectivity index (χ2n) is 8.79. The molecular formula is C22H30F3N7O2S. The van der Waals surface area contributed by atoms with Gasteiger partial charge >= 0.3 is 6.18 Å². The maximum Gasteiger partial charge on any atom is 0.421 e. The molecule has 4 heterocycles. The van der Waals surface area contributed by atoms with Crippen LogP contribution in [0.3, 0.4) is 0 Å². The Labute approximate surface area is 206 Å². The lowest BCUT2D eigenvalue weighted by molar-refractivity contribution is -0.137. The smallest absolute Gasteiger partial charge is 0.372 e. The van der Waals surface area contributed by atoms with Gasteiger partial charge in [0.1, 0.15) is 23.0 Å². The van der Waals surface area contributed by atoms with Crippen molar-refractivity contribution in [1.29, 1.82) is 0 Å². The maximum atomic E-state index is 13.5. The van der Waals surface area contributed by atoms with E-state index in [9.17, 15) is 18.0 Å². The fourth-order valence-corrected chi connectivity index (χ4v) is 5.11. The highest BCUT2D eigenvalue weighted by Crippen LogP contribution is 2.36. The summed E-state index contributed by atoms with van der Waals surface area (Å²) in [5.74, 6) is 0.0656. The minimum absolute atomic E-state index is 0.0453. The topological polar surface area (TPSA) is 95.5 Å². The van der Waals surface area contributed by atoms with Crippen molar-refractivity contribution in [3.05, 3.63) is 23.0 Å². The van der Waals surface area contributed by atoms with E-state index in [1.54, 1.807) is 11.1 Å². The van der Waals surface area contributed by atoms with Crippen molar-refractivity contribution in [2.24, 2.45) is 0 Å². The third kappa shape index (κ3) is 7.01. The Morgan fingerprint density at radius 2 is 2.00 bits per heavy atom. The van der Waals surface area contributed by atoms with Crippen LogP contribution < -0.4 is 10.6 Å². The van der Waals surface area contributed by atoms with E-state index in [0.717, 1.165) is 43.6 Å². The molecule has 13 heteroatoms. The zero-order valence-electron chi connectivity index (χ0n) is 19.6. The summed E-state index contributed by atoms with van der Waals surface area (Å²) in [6.45, 7) is 3.86. The Morgan fingerprint density at radius 3 is 2.77 bits per heavy atom. The summed E-state index contributed by atoms with van der Waals surface area (Å²) in [5.41, 5.74) is -0.932. The lowest BCUT2D eigenvalue weighted by atomic mass is 9.98. The SMILES string of the molecule is CN1CCC(c2ncc(Nc3ncc(C(F)(F)F)c(NCCCN4CCCOCC4=O)n3)s2)CC1. The second-order valence-corrected chi connectivity index (χ2v) is 9.85. The van der Waals surface area contributed by atoms with E-state index in [2.05, 4.69) is 37.5 Å². The van der Waals surface area contributed by atoms with Crippen LogP contribution in [-0.2, 0) is 15.7 Å². The molecule has 0 bridgehead atoms. The molecule has 2 aliphatic rings. The Hall–Kier alpha value is -2.51. The summed E-state index contributed by atoms with van der Waals surface area (Å²) in [4.78, 5) is 28.4. The van der Waals surface area contributed by atoms with Crippen LogP contribution >= 0.6 is 11.3 Å². The number of nitrogens with zero attached hydrogens (tertiary/aromatic N) is 5. The standard InChI is InChI=1S/C22H30F3N7O2S/c1-31-9-4-15(5-10-31)20-27-13-17(35-20)29-21-28-12-16(22(23,24)25)19(30-21)26-6-2-7-32-8-3-11-34-14-18(32)33/h12-13,15H,2-11,14H2,1H3,(H2,26,28,29,30). The normalized spacial score (nSPS) is 18.5. The number of rotatable bonds is 8. The number of halogens is 3. The third-order valence-electron chi connectivity index (χ3n) is 6.11. The first-order chi connectivity index (χ1) is 16.8. The second kappa shape index (κ2) is 11.5. The van der Waals surface area contributed by atoms with Gasteiger partial charge in [-0.2, -0.15) is 18.2 Å². The molecule has 0 aliphatic carbocycles. The minimum Gasteiger partial charge on any atom is -0.372 e. The number of hydrogen-bond acceptors (Lipinski definition) is 9. The molecule has 0 atom stereocenters. The molecule has 2 fully saturated rings. The van der Waals surface area contributed by atoms with Crippen molar-refractivity contribution in [3.8, 4) is 0 Å². The van der Waals surface area contributed by atoms with Crippen molar-refractivity contribution >= 4 is 34.0 Å². The predicted octanol–water partition coefficient (Wildman–Crippen LogP) is 3.56. The molecule has 1 amide bonds. The van der Waals surface area contributed by atoms with Gasteiger partial charge in [-0.1, -0.05) is 0 Å². The lowest BCUT2D eigenvalue weighted by Gasteiger charge is -2.27. The molecular weight excluding hydrogens is 483 g/mol. The van der Waals surface area contributed by atoms with Crippen molar-refractivity contribution in [1.82, 2.24) is 24.8 Å². The fourth-order valence-electron chi connectivity index (χ4n) is 4.13. The number of piperidine rings is 1. The van der Waals surface area contributed by atoms with E-state index in [0.29, 0.717) is 37.0 Å².